The zero-order valence-electron chi connectivity index (χ0n) is 11.6. The van der Waals surface area contributed by atoms with Gasteiger partial charge in [-0.05, 0) is 52.7 Å². The highest BCUT2D eigenvalue weighted by Gasteiger charge is 2.41. The smallest absolute Gasteiger partial charge is 0.196 e. The zero-order valence-corrected chi connectivity index (χ0v) is 13.9. The Morgan fingerprint density at radius 3 is 2.71 bits per heavy atom. The van der Waals surface area contributed by atoms with Crippen molar-refractivity contribution in [2.75, 3.05) is 11.4 Å². The van der Waals surface area contributed by atoms with E-state index < -0.39 is 0 Å². The monoisotopic (exact) mass is 363 g/mol. The van der Waals surface area contributed by atoms with Crippen molar-refractivity contribution < 1.29 is 0 Å². The molecule has 1 heterocycles. The van der Waals surface area contributed by atoms with Crippen LogP contribution in [0.1, 0.15) is 12.5 Å². The van der Waals surface area contributed by atoms with E-state index in [4.69, 9.17) is 17.3 Å². The molecular weight excluding hydrogens is 350 g/mol. The molecule has 0 saturated carbocycles. The first-order valence-corrected chi connectivity index (χ1v) is 7.80. The van der Waals surface area contributed by atoms with E-state index >= 15 is 0 Å². The first kappa shape index (κ1) is 14.4. The van der Waals surface area contributed by atoms with Crippen LogP contribution < -0.4 is 10.6 Å². The number of aliphatic imine (C=N–C) groups is 1. The third-order valence-electron chi connectivity index (χ3n) is 3.81. The molecule has 1 aliphatic heterocycles. The van der Waals surface area contributed by atoms with Crippen LogP contribution in [0, 0.1) is 0 Å². The molecule has 0 fully saturated rings. The summed E-state index contributed by atoms with van der Waals surface area (Å²) in [5, 5.41) is 0.714. The molecule has 0 bridgehead atoms. The van der Waals surface area contributed by atoms with Gasteiger partial charge < -0.3 is 5.73 Å². The standard InChI is InChI=1S/C16H15BrClN3/c1-16(11-5-4-6-12(18)9-11)10-20-15(19)21(16)14-8-3-2-7-13(14)17/h2-9H,10H2,1H3,(H2,19,20). The fourth-order valence-electron chi connectivity index (χ4n) is 2.70. The molecule has 21 heavy (non-hydrogen) atoms. The van der Waals surface area contributed by atoms with Crippen molar-refractivity contribution in [3.8, 4) is 0 Å². The number of hydrogen-bond acceptors (Lipinski definition) is 3. The number of benzene rings is 2. The third kappa shape index (κ3) is 2.43. The summed E-state index contributed by atoms with van der Waals surface area (Å²) in [7, 11) is 0. The lowest BCUT2D eigenvalue weighted by Crippen LogP contribution is -2.48. The highest BCUT2D eigenvalue weighted by molar-refractivity contribution is 9.10. The van der Waals surface area contributed by atoms with E-state index in [9.17, 15) is 0 Å². The van der Waals surface area contributed by atoms with Gasteiger partial charge in [-0.2, -0.15) is 0 Å². The van der Waals surface area contributed by atoms with Crippen LogP contribution in [-0.2, 0) is 5.54 Å². The van der Waals surface area contributed by atoms with Gasteiger partial charge in [-0.15, -0.1) is 0 Å². The van der Waals surface area contributed by atoms with E-state index in [0.717, 1.165) is 15.7 Å². The van der Waals surface area contributed by atoms with E-state index in [1.54, 1.807) is 0 Å². The van der Waals surface area contributed by atoms with Crippen molar-refractivity contribution in [1.29, 1.82) is 0 Å². The molecule has 0 aromatic heterocycles. The quantitative estimate of drug-likeness (QED) is 0.869. The Kier molecular flexibility index (Phi) is 3.68. The van der Waals surface area contributed by atoms with Crippen LogP contribution in [0.2, 0.25) is 5.02 Å². The third-order valence-corrected chi connectivity index (χ3v) is 4.72. The van der Waals surface area contributed by atoms with Gasteiger partial charge in [0.25, 0.3) is 0 Å². The van der Waals surface area contributed by atoms with E-state index in [2.05, 4.69) is 38.8 Å². The Labute approximate surface area is 137 Å². The minimum atomic E-state index is -0.348. The molecule has 2 N–H and O–H groups in total. The summed E-state index contributed by atoms with van der Waals surface area (Å²) >= 11 is 9.74. The van der Waals surface area contributed by atoms with Gasteiger partial charge in [-0.1, -0.05) is 35.9 Å². The molecule has 3 nitrogen and oxygen atoms in total. The molecule has 108 valence electrons. The molecule has 0 aliphatic carbocycles. The van der Waals surface area contributed by atoms with Gasteiger partial charge in [0.15, 0.2) is 5.96 Å². The molecule has 2 aromatic rings. The van der Waals surface area contributed by atoms with Crippen LogP contribution >= 0.6 is 27.5 Å². The van der Waals surface area contributed by atoms with Crippen LogP contribution in [0.4, 0.5) is 5.69 Å². The Balaban J connectivity index is 2.13. The number of hydrogen-bond donors (Lipinski definition) is 1. The van der Waals surface area contributed by atoms with Crippen LogP contribution in [0.5, 0.6) is 0 Å². The maximum atomic E-state index is 6.15. The minimum Gasteiger partial charge on any atom is -0.369 e. The number of para-hydroxylation sites is 1. The highest BCUT2D eigenvalue weighted by atomic mass is 79.9. The molecule has 1 atom stereocenters. The lowest BCUT2D eigenvalue weighted by molar-refractivity contribution is 0.532. The summed E-state index contributed by atoms with van der Waals surface area (Å²) in [6, 6.07) is 15.9. The Hall–Kier alpha value is -1.52. The lowest BCUT2D eigenvalue weighted by Gasteiger charge is -2.37. The molecule has 3 rings (SSSR count). The number of nitrogens with zero attached hydrogens (tertiary/aromatic N) is 2. The second-order valence-corrected chi connectivity index (χ2v) is 6.54. The van der Waals surface area contributed by atoms with Gasteiger partial charge in [0.1, 0.15) is 0 Å². The number of halogens is 2. The van der Waals surface area contributed by atoms with Crippen molar-refractivity contribution in [2.24, 2.45) is 10.7 Å². The summed E-state index contributed by atoms with van der Waals surface area (Å²) in [5.74, 6) is 0.518. The van der Waals surface area contributed by atoms with E-state index in [1.807, 2.05) is 42.5 Å². The largest absolute Gasteiger partial charge is 0.369 e. The molecule has 1 unspecified atom stereocenters. The second-order valence-electron chi connectivity index (χ2n) is 5.25. The van der Waals surface area contributed by atoms with Crippen molar-refractivity contribution >= 4 is 39.2 Å². The average Bonchev–Trinajstić information content (AvgIpc) is 2.77. The SMILES string of the molecule is CC1(c2cccc(Cl)c2)CN=C(N)N1c1ccccc1Br. The summed E-state index contributed by atoms with van der Waals surface area (Å²) in [5.41, 5.74) is 7.90. The Morgan fingerprint density at radius 1 is 1.24 bits per heavy atom. The van der Waals surface area contributed by atoms with Crippen molar-refractivity contribution in [3.63, 3.8) is 0 Å². The van der Waals surface area contributed by atoms with Crippen LogP contribution in [0.25, 0.3) is 0 Å². The topological polar surface area (TPSA) is 41.6 Å². The minimum absolute atomic E-state index is 0.348. The van der Waals surface area contributed by atoms with Crippen LogP contribution in [0.3, 0.4) is 0 Å². The van der Waals surface area contributed by atoms with Crippen LogP contribution in [0.15, 0.2) is 58.0 Å². The van der Waals surface area contributed by atoms with Crippen molar-refractivity contribution in [1.82, 2.24) is 0 Å². The van der Waals surface area contributed by atoms with Gasteiger partial charge in [-0.25, -0.2) is 0 Å². The molecule has 5 heteroatoms. The first-order valence-electron chi connectivity index (χ1n) is 6.63. The van der Waals surface area contributed by atoms with Gasteiger partial charge in [0.2, 0.25) is 0 Å². The molecule has 0 radical (unpaired) electrons. The fourth-order valence-corrected chi connectivity index (χ4v) is 3.35. The Morgan fingerprint density at radius 2 is 2.00 bits per heavy atom. The van der Waals surface area contributed by atoms with E-state index in [0.29, 0.717) is 17.5 Å². The summed E-state index contributed by atoms with van der Waals surface area (Å²) < 4.78 is 0.985. The molecule has 0 spiro atoms. The number of rotatable bonds is 2. The molecule has 0 amide bonds. The van der Waals surface area contributed by atoms with Gasteiger partial charge in [-0.3, -0.25) is 9.89 Å². The van der Waals surface area contributed by atoms with Crippen LogP contribution in [-0.4, -0.2) is 12.5 Å². The summed E-state index contributed by atoms with van der Waals surface area (Å²) in [6.45, 7) is 2.72. The van der Waals surface area contributed by atoms with E-state index in [1.165, 1.54) is 0 Å². The van der Waals surface area contributed by atoms with Crippen molar-refractivity contribution in [3.05, 3.63) is 63.6 Å². The maximum absolute atomic E-state index is 6.15. The number of anilines is 1. The zero-order chi connectivity index (χ0) is 15.0. The van der Waals surface area contributed by atoms with Crippen molar-refractivity contribution in [2.45, 2.75) is 12.5 Å². The number of guanidine groups is 1. The fraction of sp³-hybridized carbons (Fsp3) is 0.188. The second kappa shape index (κ2) is 5.35. The highest BCUT2D eigenvalue weighted by Crippen LogP contribution is 2.40. The predicted molar refractivity (Wildman–Crippen MR) is 91.9 cm³/mol. The Bertz CT molecular complexity index is 716. The maximum Gasteiger partial charge on any atom is 0.196 e. The first-order chi connectivity index (χ1) is 10.0. The predicted octanol–water partition coefficient (Wildman–Crippen LogP) is 4.15. The lowest BCUT2D eigenvalue weighted by atomic mass is 9.90. The normalized spacial score (nSPS) is 21.5. The number of nitrogens with two attached hydrogens (primary N) is 1. The van der Waals surface area contributed by atoms with Gasteiger partial charge in [0.05, 0.1) is 17.8 Å². The molecular formula is C16H15BrClN3. The molecule has 1 aliphatic rings. The molecule has 2 aromatic carbocycles. The summed E-state index contributed by atoms with van der Waals surface area (Å²) in [4.78, 5) is 6.51. The van der Waals surface area contributed by atoms with Gasteiger partial charge in [0, 0.05) is 9.50 Å². The summed E-state index contributed by atoms with van der Waals surface area (Å²) in [6.07, 6.45) is 0. The van der Waals surface area contributed by atoms with Gasteiger partial charge >= 0.3 is 0 Å². The molecule has 0 saturated heterocycles. The average molecular weight is 365 g/mol. The van der Waals surface area contributed by atoms with E-state index in [-0.39, 0.29) is 5.54 Å².